The van der Waals surface area contributed by atoms with Gasteiger partial charge in [0.1, 0.15) is 11.5 Å². The predicted molar refractivity (Wildman–Crippen MR) is 75.0 cm³/mol. The molecule has 1 amide bonds. The molecule has 0 aliphatic carbocycles. The van der Waals surface area contributed by atoms with Crippen molar-refractivity contribution >= 4 is 28.2 Å². The summed E-state index contributed by atoms with van der Waals surface area (Å²) >= 11 is 3.46. The molecular formula is C13H11BrN2O3. The van der Waals surface area contributed by atoms with Crippen molar-refractivity contribution in [1.29, 1.82) is 0 Å². The van der Waals surface area contributed by atoms with E-state index in [0.29, 0.717) is 11.5 Å². The van der Waals surface area contributed by atoms with Crippen LogP contribution in [0.3, 0.4) is 0 Å². The van der Waals surface area contributed by atoms with Crippen LogP contribution in [0.25, 0.3) is 11.3 Å². The van der Waals surface area contributed by atoms with E-state index in [9.17, 15) is 4.79 Å². The smallest absolute Gasteiger partial charge is 0.427 e. The van der Waals surface area contributed by atoms with Crippen LogP contribution in [0.4, 0.5) is 4.79 Å². The molecule has 0 spiro atoms. The first-order valence-corrected chi connectivity index (χ1v) is 6.22. The van der Waals surface area contributed by atoms with Crippen LogP contribution >= 0.6 is 15.9 Å². The molecule has 0 bridgehead atoms. The number of furan rings is 1. The Bertz CT molecular complexity index is 607. The second-order valence-corrected chi connectivity index (χ2v) is 4.40. The van der Waals surface area contributed by atoms with Crippen LogP contribution in [-0.4, -0.2) is 19.4 Å². The van der Waals surface area contributed by atoms with Crippen LogP contribution in [0.5, 0.6) is 0 Å². The number of benzene rings is 1. The molecule has 0 saturated carbocycles. The molecule has 1 heterocycles. The monoisotopic (exact) mass is 322 g/mol. The Morgan fingerprint density at radius 3 is 2.89 bits per heavy atom. The summed E-state index contributed by atoms with van der Waals surface area (Å²) in [5.74, 6) is 1.24. The number of nitrogens with one attached hydrogen (secondary N) is 1. The third-order valence-corrected chi connectivity index (χ3v) is 2.99. The largest absolute Gasteiger partial charge is 0.455 e. The zero-order valence-electron chi connectivity index (χ0n) is 10.1. The fraction of sp³-hybridized carbons (Fsp3) is 0.0769. The molecule has 98 valence electrons. The van der Waals surface area contributed by atoms with Gasteiger partial charge in [-0.15, -0.1) is 0 Å². The van der Waals surface area contributed by atoms with Gasteiger partial charge in [0.15, 0.2) is 0 Å². The molecule has 0 fully saturated rings. The number of nitrogens with zero attached hydrogens (tertiary/aromatic N) is 1. The van der Waals surface area contributed by atoms with Gasteiger partial charge in [-0.05, 0) is 18.2 Å². The Balaban J connectivity index is 2.12. The SMILES string of the molecule is COC(=O)N/N=C\c1ccc(-c2ccccc2Br)o1. The molecule has 0 atom stereocenters. The Kier molecular flexibility index (Phi) is 4.35. The Labute approximate surface area is 118 Å². The van der Waals surface area contributed by atoms with Crippen molar-refractivity contribution in [1.82, 2.24) is 5.43 Å². The van der Waals surface area contributed by atoms with Gasteiger partial charge in [0.25, 0.3) is 0 Å². The molecular weight excluding hydrogens is 312 g/mol. The molecule has 5 nitrogen and oxygen atoms in total. The minimum Gasteiger partial charge on any atom is -0.455 e. The summed E-state index contributed by atoms with van der Waals surface area (Å²) in [5.41, 5.74) is 3.13. The van der Waals surface area contributed by atoms with Crippen LogP contribution in [0.15, 0.2) is 50.4 Å². The molecule has 1 aromatic carbocycles. The molecule has 0 aliphatic heterocycles. The van der Waals surface area contributed by atoms with Crippen molar-refractivity contribution in [2.75, 3.05) is 7.11 Å². The molecule has 0 aliphatic rings. The van der Waals surface area contributed by atoms with Gasteiger partial charge in [-0.1, -0.05) is 34.1 Å². The Morgan fingerprint density at radius 1 is 1.37 bits per heavy atom. The molecule has 0 radical (unpaired) electrons. The summed E-state index contributed by atoms with van der Waals surface area (Å²) in [6.07, 6.45) is 0.769. The van der Waals surface area contributed by atoms with Crippen LogP contribution in [-0.2, 0) is 4.74 Å². The molecule has 0 unspecified atom stereocenters. The van der Waals surface area contributed by atoms with Crippen molar-refractivity contribution in [2.24, 2.45) is 5.10 Å². The summed E-state index contributed by atoms with van der Waals surface area (Å²) in [6, 6.07) is 11.3. The molecule has 19 heavy (non-hydrogen) atoms. The number of carbonyl (C=O) groups excluding carboxylic acids is 1. The van der Waals surface area contributed by atoms with Gasteiger partial charge in [0, 0.05) is 10.0 Å². The lowest BCUT2D eigenvalue weighted by molar-refractivity contribution is 0.171. The van der Waals surface area contributed by atoms with E-state index < -0.39 is 6.09 Å². The van der Waals surface area contributed by atoms with Crippen LogP contribution in [0, 0.1) is 0 Å². The first-order valence-electron chi connectivity index (χ1n) is 5.42. The number of hydrazone groups is 1. The van der Waals surface area contributed by atoms with Gasteiger partial charge in [-0.3, -0.25) is 0 Å². The maximum absolute atomic E-state index is 10.8. The average molecular weight is 323 g/mol. The highest BCUT2D eigenvalue weighted by Crippen LogP contribution is 2.28. The molecule has 2 rings (SSSR count). The summed E-state index contributed by atoms with van der Waals surface area (Å²) in [5, 5.41) is 3.69. The third kappa shape index (κ3) is 3.45. The second kappa shape index (κ2) is 6.19. The van der Waals surface area contributed by atoms with Crippen LogP contribution < -0.4 is 5.43 Å². The third-order valence-electron chi connectivity index (χ3n) is 2.30. The van der Waals surface area contributed by atoms with Crippen molar-refractivity contribution in [3.05, 3.63) is 46.6 Å². The van der Waals surface area contributed by atoms with E-state index in [1.165, 1.54) is 13.3 Å². The number of ether oxygens (including phenoxy) is 1. The van der Waals surface area contributed by atoms with Gasteiger partial charge in [0.05, 0.1) is 13.3 Å². The van der Waals surface area contributed by atoms with Crippen LogP contribution in [0.1, 0.15) is 5.76 Å². The summed E-state index contributed by atoms with van der Waals surface area (Å²) in [7, 11) is 1.27. The molecule has 6 heteroatoms. The van der Waals surface area contributed by atoms with Gasteiger partial charge in [-0.2, -0.15) is 5.10 Å². The number of rotatable bonds is 3. The van der Waals surface area contributed by atoms with E-state index in [-0.39, 0.29) is 0 Å². The summed E-state index contributed by atoms with van der Waals surface area (Å²) < 4.78 is 10.9. The van der Waals surface area contributed by atoms with Crippen molar-refractivity contribution in [2.45, 2.75) is 0 Å². The van der Waals surface area contributed by atoms with Gasteiger partial charge < -0.3 is 9.15 Å². The molecule has 0 saturated heterocycles. The van der Waals surface area contributed by atoms with E-state index in [0.717, 1.165) is 10.0 Å². The second-order valence-electron chi connectivity index (χ2n) is 3.54. The maximum Gasteiger partial charge on any atom is 0.427 e. The quantitative estimate of drug-likeness (QED) is 0.695. The number of hydrogen-bond donors (Lipinski definition) is 1. The van der Waals surface area contributed by atoms with E-state index >= 15 is 0 Å². The number of carbonyl (C=O) groups is 1. The zero-order chi connectivity index (χ0) is 13.7. The molecule has 2 aromatic rings. The average Bonchev–Trinajstić information content (AvgIpc) is 2.87. The Hall–Kier alpha value is -2.08. The number of methoxy groups -OCH3 is 1. The highest BCUT2D eigenvalue weighted by molar-refractivity contribution is 9.10. The Morgan fingerprint density at radius 2 is 2.16 bits per heavy atom. The van der Waals surface area contributed by atoms with E-state index in [1.807, 2.05) is 30.3 Å². The normalized spacial score (nSPS) is 10.6. The fourth-order valence-corrected chi connectivity index (χ4v) is 1.90. The van der Waals surface area contributed by atoms with E-state index in [4.69, 9.17) is 4.42 Å². The lowest BCUT2D eigenvalue weighted by atomic mass is 10.2. The van der Waals surface area contributed by atoms with E-state index in [1.54, 1.807) is 6.07 Å². The minimum absolute atomic E-state index is 0.530. The van der Waals surface area contributed by atoms with Gasteiger partial charge >= 0.3 is 6.09 Å². The first kappa shape index (κ1) is 13.4. The molecule has 1 aromatic heterocycles. The van der Waals surface area contributed by atoms with Gasteiger partial charge in [0.2, 0.25) is 0 Å². The fourth-order valence-electron chi connectivity index (χ4n) is 1.42. The van der Waals surface area contributed by atoms with Gasteiger partial charge in [-0.25, -0.2) is 10.2 Å². The van der Waals surface area contributed by atoms with Crippen molar-refractivity contribution in [3.63, 3.8) is 0 Å². The topological polar surface area (TPSA) is 63.8 Å². The lowest BCUT2D eigenvalue weighted by Gasteiger charge is -1.99. The zero-order valence-corrected chi connectivity index (χ0v) is 11.7. The number of hydrogen-bond acceptors (Lipinski definition) is 4. The standard InChI is InChI=1S/C13H11BrN2O3/c1-18-13(17)16-15-8-9-6-7-12(19-9)10-4-2-3-5-11(10)14/h2-8H,1H3,(H,16,17)/b15-8-. The highest BCUT2D eigenvalue weighted by Gasteiger charge is 2.06. The van der Waals surface area contributed by atoms with Crippen molar-refractivity contribution in [3.8, 4) is 11.3 Å². The lowest BCUT2D eigenvalue weighted by Crippen LogP contribution is -2.16. The number of halogens is 1. The van der Waals surface area contributed by atoms with Crippen LogP contribution in [0.2, 0.25) is 0 Å². The van der Waals surface area contributed by atoms with E-state index in [2.05, 4.69) is 31.2 Å². The predicted octanol–water partition coefficient (Wildman–Crippen LogP) is 3.40. The summed E-state index contributed by atoms with van der Waals surface area (Å²) in [6.45, 7) is 0. The molecule has 1 N–H and O–H groups in total. The first-order chi connectivity index (χ1) is 9.20. The number of amides is 1. The summed E-state index contributed by atoms with van der Waals surface area (Å²) in [4.78, 5) is 10.8. The van der Waals surface area contributed by atoms with Crippen molar-refractivity contribution < 1.29 is 13.9 Å². The minimum atomic E-state index is -0.631. The maximum atomic E-state index is 10.8. The highest BCUT2D eigenvalue weighted by atomic mass is 79.9.